The fourth-order valence-corrected chi connectivity index (χ4v) is 5.93. The largest absolute Gasteiger partial charge is 0.357 e. The van der Waals surface area contributed by atoms with Crippen LogP contribution >= 0.6 is 24.0 Å². The number of rotatable bonds is 11. The van der Waals surface area contributed by atoms with Crippen LogP contribution in [0.3, 0.4) is 0 Å². The van der Waals surface area contributed by atoms with Crippen molar-refractivity contribution in [1.82, 2.24) is 9.47 Å². The molecule has 34 heavy (non-hydrogen) atoms. The van der Waals surface area contributed by atoms with Gasteiger partial charge in [0.1, 0.15) is 21.8 Å². The third kappa shape index (κ3) is 5.75. The summed E-state index contributed by atoms with van der Waals surface area (Å²) in [5, 5.41) is 9.79. The number of hydrogen-bond acceptors (Lipinski definition) is 6. The zero-order valence-corrected chi connectivity index (χ0v) is 22.3. The van der Waals surface area contributed by atoms with Crippen LogP contribution in [0.2, 0.25) is 0 Å². The van der Waals surface area contributed by atoms with Crippen LogP contribution in [-0.4, -0.2) is 39.3 Å². The lowest BCUT2D eigenvalue weighted by Crippen LogP contribution is -2.33. The number of thioether (sulfide) groups is 1. The predicted molar refractivity (Wildman–Crippen MR) is 145 cm³/mol. The molecule has 1 aromatic heterocycles. The van der Waals surface area contributed by atoms with Crippen LogP contribution in [0.5, 0.6) is 0 Å². The van der Waals surface area contributed by atoms with E-state index in [9.17, 15) is 14.9 Å². The highest BCUT2D eigenvalue weighted by atomic mass is 32.2. The Morgan fingerprint density at radius 2 is 1.71 bits per heavy atom. The molecule has 2 aliphatic rings. The lowest BCUT2D eigenvalue weighted by Gasteiger charge is -2.27. The SMILES string of the molecule is CCCCCCCN1C(=O)/C(=C\c2c(C)c(C#N)c(=O)n(CCCC)c2N2CCCC2)SC1=S. The molecule has 0 unspecified atom stereocenters. The van der Waals surface area contributed by atoms with Gasteiger partial charge in [-0.15, -0.1) is 0 Å². The molecule has 0 saturated carbocycles. The van der Waals surface area contributed by atoms with Gasteiger partial charge in [-0.2, -0.15) is 5.26 Å². The van der Waals surface area contributed by atoms with Crippen molar-refractivity contribution in [2.24, 2.45) is 0 Å². The highest BCUT2D eigenvalue weighted by Crippen LogP contribution is 2.36. The Morgan fingerprint density at radius 1 is 1.03 bits per heavy atom. The van der Waals surface area contributed by atoms with Crippen LogP contribution in [-0.2, 0) is 11.3 Å². The molecule has 3 heterocycles. The van der Waals surface area contributed by atoms with E-state index in [1.165, 1.54) is 31.0 Å². The number of amides is 1. The van der Waals surface area contributed by atoms with Gasteiger partial charge in [-0.1, -0.05) is 69.9 Å². The first kappa shape index (κ1) is 26.5. The number of pyridine rings is 1. The van der Waals surface area contributed by atoms with E-state index >= 15 is 0 Å². The van der Waals surface area contributed by atoms with Gasteiger partial charge in [-0.3, -0.25) is 19.1 Å². The highest BCUT2D eigenvalue weighted by molar-refractivity contribution is 8.26. The third-order valence-corrected chi connectivity index (χ3v) is 8.00. The van der Waals surface area contributed by atoms with Crippen molar-refractivity contribution >= 4 is 46.1 Å². The molecule has 2 aliphatic heterocycles. The van der Waals surface area contributed by atoms with Gasteiger partial charge in [0.15, 0.2) is 0 Å². The summed E-state index contributed by atoms with van der Waals surface area (Å²) in [5.74, 6) is 0.777. The number of carbonyl (C=O) groups is 1. The molecule has 0 radical (unpaired) electrons. The number of unbranched alkanes of at least 4 members (excludes halogenated alkanes) is 5. The first-order valence-corrected chi connectivity index (χ1v) is 13.8. The maximum absolute atomic E-state index is 13.3. The molecule has 3 rings (SSSR count). The van der Waals surface area contributed by atoms with E-state index in [1.807, 2.05) is 13.0 Å². The van der Waals surface area contributed by atoms with Gasteiger partial charge in [0.05, 0.1) is 4.91 Å². The number of nitrogens with zero attached hydrogens (tertiary/aromatic N) is 4. The number of thiocarbonyl (C=S) groups is 1. The predicted octanol–water partition coefficient (Wildman–Crippen LogP) is 5.60. The van der Waals surface area contributed by atoms with Crippen molar-refractivity contribution in [3.05, 3.63) is 31.9 Å². The second-order valence-electron chi connectivity index (χ2n) is 9.10. The van der Waals surface area contributed by atoms with Crippen molar-refractivity contribution in [2.45, 2.75) is 85.1 Å². The molecule has 2 saturated heterocycles. The summed E-state index contributed by atoms with van der Waals surface area (Å²) in [4.78, 5) is 31.0. The Bertz CT molecular complexity index is 1050. The highest BCUT2D eigenvalue weighted by Gasteiger charge is 2.33. The van der Waals surface area contributed by atoms with Gasteiger partial charge in [0, 0.05) is 31.7 Å². The molecule has 8 heteroatoms. The molecule has 0 N–H and O–H groups in total. The van der Waals surface area contributed by atoms with Crippen LogP contribution in [0, 0.1) is 18.3 Å². The summed E-state index contributed by atoms with van der Waals surface area (Å²) in [5.41, 5.74) is 1.38. The van der Waals surface area contributed by atoms with Crippen molar-refractivity contribution < 1.29 is 4.79 Å². The first-order valence-electron chi connectivity index (χ1n) is 12.6. The molecule has 184 valence electrons. The molecular formula is C26H36N4O2S2. The van der Waals surface area contributed by atoms with Gasteiger partial charge in [-0.25, -0.2) is 0 Å². The number of carbonyl (C=O) groups excluding carboxylic acids is 1. The standard InChI is InChI=1S/C26H36N4O2S2/c1-4-6-8-9-10-16-30-25(32)22(34-26(30)33)17-20-19(3)21(18-27)24(31)29(15-7-5-2)23(20)28-13-11-12-14-28/h17H,4-16H2,1-3H3/b22-17+. The maximum Gasteiger partial charge on any atom is 0.270 e. The van der Waals surface area contributed by atoms with Crippen LogP contribution in [0.4, 0.5) is 5.82 Å². The third-order valence-electron chi connectivity index (χ3n) is 6.62. The number of nitriles is 1. The number of anilines is 1. The van der Waals surface area contributed by atoms with Gasteiger partial charge in [0.25, 0.3) is 11.5 Å². The second-order valence-corrected chi connectivity index (χ2v) is 10.8. The summed E-state index contributed by atoms with van der Waals surface area (Å²) < 4.78 is 2.35. The summed E-state index contributed by atoms with van der Waals surface area (Å²) in [6, 6.07) is 2.13. The van der Waals surface area contributed by atoms with Gasteiger partial charge >= 0.3 is 0 Å². The lowest BCUT2D eigenvalue weighted by molar-refractivity contribution is -0.122. The van der Waals surface area contributed by atoms with E-state index in [0.717, 1.165) is 63.0 Å². The molecule has 6 nitrogen and oxygen atoms in total. The van der Waals surface area contributed by atoms with Crippen molar-refractivity contribution in [2.75, 3.05) is 24.5 Å². The van der Waals surface area contributed by atoms with Crippen LogP contribution in [0.25, 0.3) is 6.08 Å². The van der Waals surface area contributed by atoms with E-state index in [0.29, 0.717) is 27.9 Å². The Hall–Kier alpha value is -2.11. The topological polar surface area (TPSA) is 69.3 Å². The molecule has 0 bridgehead atoms. The van der Waals surface area contributed by atoms with E-state index in [2.05, 4.69) is 24.8 Å². The zero-order chi connectivity index (χ0) is 24.7. The fourth-order valence-electron chi connectivity index (χ4n) is 4.63. The monoisotopic (exact) mass is 500 g/mol. The molecule has 0 aliphatic carbocycles. The Kier molecular flexibility index (Phi) is 9.78. The van der Waals surface area contributed by atoms with E-state index < -0.39 is 0 Å². The Labute approximate surface area is 213 Å². The van der Waals surface area contributed by atoms with Crippen molar-refractivity contribution in [3.8, 4) is 6.07 Å². The zero-order valence-electron chi connectivity index (χ0n) is 20.7. The van der Waals surface area contributed by atoms with Crippen LogP contribution in [0.1, 0.15) is 88.3 Å². The van der Waals surface area contributed by atoms with Gasteiger partial charge < -0.3 is 4.90 Å². The molecule has 2 fully saturated rings. The average Bonchev–Trinajstić information content (AvgIpc) is 3.44. The Balaban J connectivity index is 2.01. The van der Waals surface area contributed by atoms with Gasteiger partial charge in [0.2, 0.25) is 0 Å². The number of aromatic nitrogens is 1. The van der Waals surface area contributed by atoms with E-state index in [4.69, 9.17) is 12.2 Å². The van der Waals surface area contributed by atoms with Gasteiger partial charge in [-0.05, 0) is 44.2 Å². The minimum Gasteiger partial charge on any atom is -0.357 e. The second kappa shape index (κ2) is 12.6. The molecule has 0 spiro atoms. The Morgan fingerprint density at radius 3 is 2.35 bits per heavy atom. The molecule has 0 atom stereocenters. The van der Waals surface area contributed by atoms with Crippen molar-refractivity contribution in [1.29, 1.82) is 5.26 Å². The lowest BCUT2D eigenvalue weighted by atomic mass is 10.0. The maximum atomic E-state index is 13.3. The smallest absolute Gasteiger partial charge is 0.270 e. The van der Waals surface area contributed by atoms with E-state index in [1.54, 1.807) is 9.47 Å². The molecule has 0 aromatic carbocycles. The summed E-state index contributed by atoms with van der Waals surface area (Å²) in [6.07, 6.45) is 11.4. The first-order chi connectivity index (χ1) is 16.4. The normalized spacial score (nSPS) is 17.3. The summed E-state index contributed by atoms with van der Waals surface area (Å²) in [6.45, 7) is 9.05. The minimum atomic E-state index is -0.230. The average molecular weight is 501 g/mol. The summed E-state index contributed by atoms with van der Waals surface area (Å²) >= 11 is 6.87. The van der Waals surface area contributed by atoms with Crippen molar-refractivity contribution in [3.63, 3.8) is 0 Å². The van der Waals surface area contributed by atoms with E-state index in [-0.39, 0.29) is 17.0 Å². The minimum absolute atomic E-state index is 0.0675. The molecule has 1 aromatic rings. The quantitative estimate of drug-likeness (QED) is 0.224. The molecule has 1 amide bonds. The van der Waals surface area contributed by atoms with Crippen LogP contribution in [0.15, 0.2) is 9.70 Å². The molecular weight excluding hydrogens is 464 g/mol. The number of hydrogen-bond donors (Lipinski definition) is 0. The fraction of sp³-hybridized carbons (Fsp3) is 0.615. The van der Waals surface area contributed by atoms with Crippen LogP contribution < -0.4 is 10.5 Å². The summed E-state index contributed by atoms with van der Waals surface area (Å²) in [7, 11) is 0.